The lowest BCUT2D eigenvalue weighted by Crippen LogP contribution is -2.41. The predicted molar refractivity (Wildman–Crippen MR) is 139 cm³/mol. The van der Waals surface area contributed by atoms with E-state index >= 15 is 0 Å². The van der Waals surface area contributed by atoms with E-state index in [9.17, 15) is 23.1 Å². The number of hydrogen-bond acceptors (Lipinski definition) is 8. The van der Waals surface area contributed by atoms with Crippen LogP contribution in [0, 0.1) is 10.1 Å². The Kier molecular flexibility index (Phi) is 7.16. The summed E-state index contributed by atoms with van der Waals surface area (Å²) in [5.41, 5.74) is 1.37. The van der Waals surface area contributed by atoms with Gasteiger partial charge >= 0.3 is 13.4 Å². The van der Waals surface area contributed by atoms with E-state index in [1.165, 1.54) is 6.07 Å². The lowest BCUT2D eigenvalue weighted by Gasteiger charge is -2.32. The van der Waals surface area contributed by atoms with E-state index < -0.39 is 28.5 Å². The van der Waals surface area contributed by atoms with Gasteiger partial charge in [0, 0.05) is 51.4 Å². The molecule has 0 N–H and O–H groups in total. The highest BCUT2D eigenvalue weighted by atomic mass is 32.2. The summed E-state index contributed by atoms with van der Waals surface area (Å²) in [6, 6.07) is 11.8. The monoisotopic (exact) mass is 550 g/mol. The first kappa shape index (κ1) is 26.3. The van der Waals surface area contributed by atoms with Crippen LogP contribution in [0.2, 0.25) is 0 Å². The third kappa shape index (κ3) is 5.89. The zero-order valence-corrected chi connectivity index (χ0v) is 22.6. The first-order valence-corrected chi connectivity index (χ1v) is 15.7. The number of rotatable bonds is 10. The molecule has 2 atom stereocenters. The number of ether oxygens (including phenoxy) is 1. The van der Waals surface area contributed by atoms with Gasteiger partial charge in [0.25, 0.3) is 0 Å². The molecular weight excluding hydrogens is 519 g/mol. The van der Waals surface area contributed by atoms with E-state index in [2.05, 4.69) is 4.90 Å². The highest BCUT2D eigenvalue weighted by Gasteiger charge is 2.50. The third-order valence-corrected chi connectivity index (χ3v) is 11.4. The molecule has 2 aromatic carbocycles. The molecule has 0 saturated carbocycles. The molecule has 200 valence electrons. The Morgan fingerprint density at radius 1 is 0.946 bits per heavy atom. The van der Waals surface area contributed by atoms with Crippen molar-refractivity contribution in [2.24, 2.45) is 0 Å². The minimum Gasteiger partial charge on any atom is -0.450 e. The smallest absolute Gasteiger partial charge is 0.346 e. The van der Waals surface area contributed by atoms with Crippen molar-refractivity contribution in [3.63, 3.8) is 0 Å². The molecule has 37 heavy (non-hydrogen) atoms. The van der Waals surface area contributed by atoms with Gasteiger partial charge in [0.1, 0.15) is 5.75 Å². The Balaban J connectivity index is 1.35. The van der Waals surface area contributed by atoms with E-state index in [1.54, 1.807) is 25.1 Å². The summed E-state index contributed by atoms with van der Waals surface area (Å²) in [4.78, 5) is 13.3. The van der Waals surface area contributed by atoms with Crippen molar-refractivity contribution < 1.29 is 27.2 Å². The molecule has 0 radical (unpaired) electrons. The molecule has 3 aliphatic heterocycles. The van der Waals surface area contributed by atoms with Crippen LogP contribution in [0.15, 0.2) is 42.5 Å². The molecule has 0 aromatic heterocycles. The normalized spacial score (nSPS) is 21.8. The molecular formula is C24H31N4O7PS. The molecule has 3 aliphatic rings. The Labute approximate surface area is 216 Å². The van der Waals surface area contributed by atoms with Crippen molar-refractivity contribution in [1.29, 1.82) is 0 Å². The summed E-state index contributed by atoms with van der Waals surface area (Å²) in [7, 11) is -6.05. The maximum Gasteiger partial charge on any atom is 0.346 e. The molecule has 3 saturated heterocycles. The topological polar surface area (TPSA) is 122 Å². The summed E-state index contributed by atoms with van der Waals surface area (Å²) in [6.07, 6.45) is -0.558. The number of nitro benzene ring substituents is 1. The molecule has 5 rings (SSSR count). The quantitative estimate of drug-likeness (QED) is 0.186. The Hall–Kier alpha value is -2.34. The van der Waals surface area contributed by atoms with Crippen LogP contribution in [0.1, 0.15) is 37.1 Å². The van der Waals surface area contributed by atoms with Crippen LogP contribution < -0.4 is 4.74 Å². The number of benzene rings is 2. The molecule has 0 aliphatic carbocycles. The molecule has 2 aromatic rings. The van der Waals surface area contributed by atoms with Crippen LogP contribution in [0.4, 0.5) is 5.69 Å². The van der Waals surface area contributed by atoms with Crippen LogP contribution in [0.3, 0.4) is 0 Å². The van der Waals surface area contributed by atoms with E-state index in [1.807, 2.05) is 34.5 Å². The second kappa shape index (κ2) is 10.1. The van der Waals surface area contributed by atoms with Crippen molar-refractivity contribution in [1.82, 2.24) is 14.2 Å². The molecule has 13 heteroatoms. The van der Waals surface area contributed by atoms with Gasteiger partial charge < -0.3 is 4.74 Å². The molecule has 0 spiro atoms. The zero-order valence-electron chi connectivity index (χ0n) is 20.9. The fourth-order valence-corrected chi connectivity index (χ4v) is 8.06. The van der Waals surface area contributed by atoms with Crippen LogP contribution in [-0.2, 0) is 18.9 Å². The van der Waals surface area contributed by atoms with Gasteiger partial charge in [-0.2, -0.15) is 0 Å². The van der Waals surface area contributed by atoms with Crippen LogP contribution >= 0.6 is 7.67 Å². The van der Waals surface area contributed by atoms with Crippen molar-refractivity contribution in [3.05, 3.63) is 63.7 Å². The van der Waals surface area contributed by atoms with Gasteiger partial charge in [-0.05, 0) is 49.2 Å². The number of sulfone groups is 1. The fraction of sp³-hybridized carbons (Fsp3) is 0.500. The average Bonchev–Trinajstić information content (AvgIpc) is 3.76. The summed E-state index contributed by atoms with van der Waals surface area (Å²) in [5, 5.41) is 11.7. The SMILES string of the molecule is CC(OP(=O)(N1CC1)N1CC1)c1ccc([N+](=O)[O-])c(Oc2cccc(C(C)N3CCS(=O)(=O)CC3)c2)c1. The second-order valence-corrected chi connectivity index (χ2v) is 14.3. The zero-order chi connectivity index (χ0) is 26.4. The Bertz CT molecular complexity index is 1320. The van der Waals surface area contributed by atoms with Gasteiger partial charge in [-0.1, -0.05) is 12.1 Å². The fourth-order valence-electron chi connectivity index (χ4n) is 4.48. The minimum atomic E-state index is -3.06. The highest BCUT2D eigenvalue weighted by molar-refractivity contribution is 7.91. The second-order valence-electron chi connectivity index (χ2n) is 9.67. The average molecular weight is 551 g/mol. The van der Waals surface area contributed by atoms with E-state index in [0.29, 0.717) is 24.4 Å². The van der Waals surface area contributed by atoms with Gasteiger partial charge in [-0.15, -0.1) is 0 Å². The van der Waals surface area contributed by atoms with Crippen molar-refractivity contribution in [3.8, 4) is 11.5 Å². The first-order chi connectivity index (χ1) is 17.6. The van der Waals surface area contributed by atoms with E-state index in [4.69, 9.17) is 9.26 Å². The van der Waals surface area contributed by atoms with Crippen LogP contribution in [-0.4, -0.2) is 78.4 Å². The van der Waals surface area contributed by atoms with Crippen LogP contribution in [0.5, 0.6) is 11.5 Å². The van der Waals surface area contributed by atoms with Crippen molar-refractivity contribution >= 4 is 23.2 Å². The highest BCUT2D eigenvalue weighted by Crippen LogP contribution is 2.63. The predicted octanol–water partition coefficient (Wildman–Crippen LogP) is 4.00. The van der Waals surface area contributed by atoms with Gasteiger partial charge in [0.2, 0.25) is 5.75 Å². The Morgan fingerprint density at radius 2 is 1.59 bits per heavy atom. The summed E-state index contributed by atoms with van der Waals surface area (Å²) >= 11 is 0. The molecule has 11 nitrogen and oxygen atoms in total. The third-order valence-electron chi connectivity index (χ3n) is 7.00. The largest absolute Gasteiger partial charge is 0.450 e. The summed E-state index contributed by atoms with van der Waals surface area (Å²) in [5.74, 6) is 0.770. The summed E-state index contributed by atoms with van der Waals surface area (Å²) < 4.78 is 52.7. The first-order valence-electron chi connectivity index (χ1n) is 12.4. The Morgan fingerprint density at radius 3 is 2.19 bits per heavy atom. The van der Waals surface area contributed by atoms with Crippen molar-refractivity contribution in [2.45, 2.75) is 26.0 Å². The molecule has 2 unspecified atom stereocenters. The van der Waals surface area contributed by atoms with E-state index in [-0.39, 0.29) is 29.0 Å². The molecule has 3 heterocycles. The minimum absolute atomic E-state index is 0.0437. The van der Waals surface area contributed by atoms with Crippen molar-refractivity contribution in [2.75, 3.05) is 50.8 Å². The maximum atomic E-state index is 13.4. The number of nitro groups is 1. The number of hydrogen-bond donors (Lipinski definition) is 0. The standard InChI is InChI=1S/C24H31N4O7PS/c1-18(25-12-14-37(32,33)15-13-25)20-4-3-5-22(16-20)34-24-17-21(6-7-23(24)28(29)30)19(2)35-36(31,26-8-9-26)27-10-11-27/h3-7,16-19H,8-15H2,1-2H3. The van der Waals surface area contributed by atoms with Gasteiger partial charge in [0.05, 0.1) is 22.5 Å². The molecule has 0 amide bonds. The van der Waals surface area contributed by atoms with E-state index in [0.717, 1.165) is 31.7 Å². The molecule has 0 bridgehead atoms. The lowest BCUT2D eigenvalue weighted by molar-refractivity contribution is -0.385. The van der Waals surface area contributed by atoms with Gasteiger partial charge in [0.15, 0.2) is 9.84 Å². The lowest BCUT2D eigenvalue weighted by atomic mass is 10.1. The maximum absolute atomic E-state index is 13.4. The van der Waals surface area contributed by atoms with Gasteiger partial charge in [-0.25, -0.2) is 17.8 Å². The number of nitrogens with zero attached hydrogens (tertiary/aromatic N) is 4. The van der Waals surface area contributed by atoms with Gasteiger partial charge in [-0.3, -0.25) is 24.1 Å². The molecule has 3 fully saturated rings. The summed E-state index contributed by atoms with van der Waals surface area (Å²) in [6.45, 7) is 7.63. The van der Waals surface area contributed by atoms with Crippen LogP contribution in [0.25, 0.3) is 0 Å².